The number of hydrogen-bond donors (Lipinski definition) is 1. The van der Waals surface area contributed by atoms with E-state index >= 15 is 0 Å². The number of fused-ring (bicyclic) bond motifs is 1. The first-order chi connectivity index (χ1) is 21.9. The SMILES string of the molecule is COc1c(-c2nc3cc(NC(=O)[C@@H]4C[C@@H]4F)ccc3o2)ccnc1C(=O)N1CCC([C@@H](c2ccccc2)n2nnc(C)n2)CC1. The van der Waals surface area contributed by atoms with Gasteiger partial charge in [-0.3, -0.25) is 9.59 Å². The van der Waals surface area contributed by atoms with Gasteiger partial charge in [-0.05, 0) is 67.1 Å². The summed E-state index contributed by atoms with van der Waals surface area (Å²) in [6.07, 6.45) is 2.18. The third kappa shape index (κ3) is 5.61. The zero-order chi connectivity index (χ0) is 31.1. The Balaban J connectivity index is 1.09. The van der Waals surface area contributed by atoms with Crippen molar-refractivity contribution in [2.24, 2.45) is 11.8 Å². The number of nitrogens with zero attached hydrogens (tertiary/aromatic N) is 7. The predicted octanol–water partition coefficient (Wildman–Crippen LogP) is 4.63. The standard InChI is InChI=1S/C32H31FN8O4/c1-18-37-39-41(38-18)28(19-6-4-3-5-7-19)20-11-14-40(15-12-20)32(43)27-29(44-2)22(10-13-34-27)31-36-25-16-21(8-9-26(25)45-31)35-30(42)23-17-24(23)33/h3-10,13,16,20,23-24,28H,11-12,14-15,17H2,1-2H3,(H,35,42)/t23-,24+,28-/m1/s1. The van der Waals surface area contributed by atoms with Crippen molar-refractivity contribution < 1.29 is 23.1 Å². The molecule has 0 bridgehead atoms. The Hall–Kier alpha value is -5.20. The molecule has 1 saturated heterocycles. The maximum atomic E-state index is 13.8. The Morgan fingerprint density at radius 1 is 1.11 bits per heavy atom. The fourth-order valence-electron chi connectivity index (χ4n) is 6.00. The fourth-order valence-corrected chi connectivity index (χ4v) is 6.00. The van der Waals surface area contributed by atoms with E-state index in [1.807, 2.05) is 25.1 Å². The van der Waals surface area contributed by atoms with Crippen LogP contribution in [-0.4, -0.2) is 73.3 Å². The molecule has 2 amide bonds. The van der Waals surface area contributed by atoms with Crippen molar-refractivity contribution in [1.29, 1.82) is 0 Å². The molecule has 5 aromatic rings. The number of amides is 2. The Morgan fingerprint density at radius 3 is 2.58 bits per heavy atom. The average molecular weight is 611 g/mol. The van der Waals surface area contributed by atoms with E-state index < -0.39 is 12.1 Å². The molecule has 1 N–H and O–H groups in total. The Bertz CT molecular complexity index is 1870. The largest absolute Gasteiger partial charge is 0.493 e. The zero-order valence-corrected chi connectivity index (χ0v) is 24.8. The Kier molecular flexibility index (Phi) is 7.43. The smallest absolute Gasteiger partial charge is 0.276 e. The maximum absolute atomic E-state index is 13.8. The van der Waals surface area contributed by atoms with E-state index in [1.54, 1.807) is 34.0 Å². The average Bonchev–Trinajstić information content (AvgIpc) is 3.42. The van der Waals surface area contributed by atoms with Gasteiger partial charge in [0, 0.05) is 25.0 Å². The topological polar surface area (TPSA) is 141 Å². The summed E-state index contributed by atoms with van der Waals surface area (Å²) in [5.41, 5.74) is 3.21. The minimum absolute atomic E-state index is 0.0945. The van der Waals surface area contributed by atoms with Gasteiger partial charge < -0.3 is 19.4 Å². The van der Waals surface area contributed by atoms with Crippen LogP contribution in [0.25, 0.3) is 22.6 Å². The van der Waals surface area contributed by atoms with E-state index in [0.29, 0.717) is 41.3 Å². The molecule has 13 heteroatoms. The molecular weight excluding hydrogens is 579 g/mol. The lowest BCUT2D eigenvalue weighted by Gasteiger charge is -2.35. The zero-order valence-electron chi connectivity index (χ0n) is 24.8. The maximum Gasteiger partial charge on any atom is 0.276 e. The highest BCUT2D eigenvalue weighted by atomic mass is 19.1. The van der Waals surface area contributed by atoms with Crippen molar-refractivity contribution in [3.63, 3.8) is 0 Å². The van der Waals surface area contributed by atoms with Crippen molar-refractivity contribution in [2.75, 3.05) is 25.5 Å². The summed E-state index contributed by atoms with van der Waals surface area (Å²) < 4.78 is 25.0. The Morgan fingerprint density at radius 2 is 1.89 bits per heavy atom. The molecule has 2 fully saturated rings. The number of pyridine rings is 1. The lowest BCUT2D eigenvalue weighted by atomic mass is 9.85. The van der Waals surface area contributed by atoms with Gasteiger partial charge in [-0.1, -0.05) is 30.3 Å². The monoisotopic (exact) mass is 610 g/mol. The minimum Gasteiger partial charge on any atom is -0.493 e. The van der Waals surface area contributed by atoms with E-state index in [2.05, 4.69) is 42.8 Å². The van der Waals surface area contributed by atoms with Crippen molar-refractivity contribution in [3.8, 4) is 17.2 Å². The number of piperidine rings is 1. The summed E-state index contributed by atoms with van der Waals surface area (Å²) in [7, 11) is 1.48. The van der Waals surface area contributed by atoms with Gasteiger partial charge in [0.25, 0.3) is 5.91 Å². The van der Waals surface area contributed by atoms with Gasteiger partial charge in [0.15, 0.2) is 22.9 Å². The van der Waals surface area contributed by atoms with Crippen molar-refractivity contribution in [3.05, 3.63) is 77.9 Å². The molecule has 1 saturated carbocycles. The predicted molar refractivity (Wildman–Crippen MR) is 161 cm³/mol. The molecule has 0 unspecified atom stereocenters. The van der Waals surface area contributed by atoms with Gasteiger partial charge in [0.1, 0.15) is 17.7 Å². The number of methoxy groups -OCH3 is 1. The van der Waals surface area contributed by atoms with Gasteiger partial charge in [0.2, 0.25) is 11.8 Å². The van der Waals surface area contributed by atoms with Crippen LogP contribution in [0.5, 0.6) is 5.75 Å². The van der Waals surface area contributed by atoms with Crippen LogP contribution in [-0.2, 0) is 4.79 Å². The van der Waals surface area contributed by atoms with Gasteiger partial charge in [-0.15, -0.1) is 10.2 Å². The highest BCUT2D eigenvalue weighted by Gasteiger charge is 2.43. The van der Waals surface area contributed by atoms with Crippen LogP contribution < -0.4 is 10.1 Å². The van der Waals surface area contributed by atoms with Crippen molar-refractivity contribution in [2.45, 2.75) is 38.4 Å². The number of aromatic nitrogens is 6. The van der Waals surface area contributed by atoms with Gasteiger partial charge in [-0.25, -0.2) is 14.4 Å². The van der Waals surface area contributed by atoms with E-state index in [9.17, 15) is 14.0 Å². The number of nitrogens with one attached hydrogen (secondary N) is 1. The molecule has 0 spiro atoms. The van der Waals surface area contributed by atoms with Crippen LogP contribution in [0.15, 0.2) is 65.2 Å². The van der Waals surface area contributed by atoms with E-state index in [0.717, 1.165) is 18.4 Å². The number of ether oxygens (including phenoxy) is 1. The molecule has 2 aliphatic rings. The van der Waals surface area contributed by atoms with Crippen LogP contribution in [0.4, 0.5) is 10.1 Å². The number of oxazole rings is 1. The normalized spacial score (nSPS) is 19.0. The van der Waals surface area contributed by atoms with E-state index in [1.165, 1.54) is 13.3 Å². The van der Waals surface area contributed by atoms with Crippen LogP contribution in [0.1, 0.15) is 47.2 Å². The number of anilines is 1. The van der Waals surface area contributed by atoms with E-state index in [4.69, 9.17) is 9.15 Å². The van der Waals surface area contributed by atoms with Crippen LogP contribution in [0, 0.1) is 18.8 Å². The summed E-state index contributed by atoms with van der Waals surface area (Å²) in [4.78, 5) is 38.5. The second-order valence-corrected chi connectivity index (χ2v) is 11.4. The molecule has 4 heterocycles. The van der Waals surface area contributed by atoms with Gasteiger partial charge in [-0.2, -0.15) is 4.80 Å². The highest BCUT2D eigenvalue weighted by molar-refractivity contribution is 5.98. The number of tetrazole rings is 1. The van der Waals surface area contributed by atoms with Crippen LogP contribution >= 0.6 is 0 Å². The second kappa shape index (κ2) is 11.7. The number of carbonyl (C=O) groups excluding carboxylic acids is 2. The van der Waals surface area contributed by atoms with Crippen LogP contribution in [0.3, 0.4) is 0 Å². The first kappa shape index (κ1) is 28.6. The van der Waals surface area contributed by atoms with Crippen molar-refractivity contribution >= 4 is 28.6 Å². The molecule has 230 valence electrons. The van der Waals surface area contributed by atoms with Crippen molar-refractivity contribution in [1.82, 2.24) is 35.1 Å². The molecule has 3 aromatic heterocycles. The Labute approximate surface area is 257 Å². The lowest BCUT2D eigenvalue weighted by Crippen LogP contribution is -2.41. The third-order valence-electron chi connectivity index (χ3n) is 8.44. The molecule has 12 nitrogen and oxygen atoms in total. The molecule has 7 rings (SSSR count). The number of likely N-dealkylation sites (tertiary alicyclic amines) is 1. The van der Waals surface area contributed by atoms with Gasteiger partial charge in [0.05, 0.1) is 18.6 Å². The number of carbonyl (C=O) groups is 2. The quantitative estimate of drug-likeness (QED) is 0.266. The molecule has 2 aromatic carbocycles. The minimum atomic E-state index is -1.08. The summed E-state index contributed by atoms with van der Waals surface area (Å²) in [5, 5.41) is 15.6. The van der Waals surface area contributed by atoms with E-state index in [-0.39, 0.29) is 47.5 Å². The highest BCUT2D eigenvalue weighted by Crippen LogP contribution is 2.38. The summed E-state index contributed by atoms with van der Waals surface area (Å²) in [6.45, 7) is 2.87. The molecule has 1 aliphatic heterocycles. The van der Waals surface area contributed by atoms with Gasteiger partial charge >= 0.3 is 0 Å². The number of alkyl halides is 1. The van der Waals surface area contributed by atoms with Crippen LogP contribution in [0.2, 0.25) is 0 Å². The molecular formula is C32H31FN8O4. The number of hydrogen-bond acceptors (Lipinski definition) is 9. The number of halogens is 1. The first-order valence-electron chi connectivity index (χ1n) is 14.9. The number of aryl methyl sites for hydroxylation is 1. The number of rotatable bonds is 8. The molecule has 1 aliphatic carbocycles. The summed E-state index contributed by atoms with van der Waals surface area (Å²) in [6, 6.07) is 16.7. The third-order valence-corrected chi connectivity index (χ3v) is 8.44. The number of benzene rings is 2. The summed E-state index contributed by atoms with van der Waals surface area (Å²) in [5.74, 6) is 0.113. The molecule has 0 radical (unpaired) electrons. The lowest BCUT2D eigenvalue weighted by molar-refractivity contribution is -0.117. The fraction of sp³-hybridized carbons (Fsp3) is 0.344. The molecule has 3 atom stereocenters. The second-order valence-electron chi connectivity index (χ2n) is 11.4. The molecule has 45 heavy (non-hydrogen) atoms. The summed E-state index contributed by atoms with van der Waals surface area (Å²) >= 11 is 0. The first-order valence-corrected chi connectivity index (χ1v) is 14.9.